The number of amides is 2. The van der Waals surface area contributed by atoms with Gasteiger partial charge in [0.15, 0.2) is 9.84 Å². The highest BCUT2D eigenvalue weighted by molar-refractivity contribution is 9.12. The molecule has 2 aromatic carbocycles. The van der Waals surface area contributed by atoms with E-state index in [1.807, 2.05) is 6.07 Å². The average molecular weight is 772 g/mol. The Hall–Kier alpha value is -2.41. The summed E-state index contributed by atoms with van der Waals surface area (Å²) in [5, 5.41) is 9.59. The summed E-state index contributed by atoms with van der Waals surface area (Å²) >= 11 is 9.85. The number of esters is 1. The zero-order valence-electron chi connectivity index (χ0n) is 20.9. The number of carbonyl (C=O) groups is 2. The van der Waals surface area contributed by atoms with E-state index in [2.05, 4.69) is 47.8 Å². The number of allylic oxidation sites excluding steroid dienone is 1. The molecule has 0 spiro atoms. The Morgan fingerprint density at radius 3 is 2.42 bits per heavy atom. The fraction of sp³-hybridized carbons (Fsp3) is 0.320. The molecule has 1 unspecified atom stereocenters. The number of hydrogen-bond donors (Lipinski definition) is 0. The van der Waals surface area contributed by atoms with Crippen molar-refractivity contribution >= 4 is 75.3 Å². The number of nitriles is 1. The number of ether oxygens (including phenoxy) is 1. The van der Waals surface area contributed by atoms with Gasteiger partial charge in [-0.3, -0.25) is 4.90 Å². The molecule has 2 amide bonds. The lowest BCUT2D eigenvalue weighted by Gasteiger charge is -2.42. The molecule has 0 bridgehead atoms. The van der Waals surface area contributed by atoms with E-state index in [4.69, 9.17) is 4.74 Å². The van der Waals surface area contributed by atoms with Gasteiger partial charge in [0.25, 0.3) is 0 Å². The number of urea groups is 1. The van der Waals surface area contributed by atoms with E-state index >= 15 is 0 Å². The second kappa shape index (κ2) is 12.6. The van der Waals surface area contributed by atoms with Crippen LogP contribution in [0.5, 0.6) is 0 Å². The van der Waals surface area contributed by atoms with Crippen LogP contribution in [0.25, 0.3) is 0 Å². The molecule has 0 saturated carbocycles. The fourth-order valence-corrected chi connectivity index (χ4v) is 5.93. The van der Waals surface area contributed by atoms with Gasteiger partial charge in [-0.2, -0.15) is 18.4 Å². The van der Waals surface area contributed by atoms with Gasteiger partial charge >= 0.3 is 18.2 Å². The lowest BCUT2D eigenvalue weighted by molar-refractivity contribution is -0.140. The number of halogens is 6. The van der Waals surface area contributed by atoms with Crippen LogP contribution in [-0.2, 0) is 25.5 Å². The number of anilines is 1. The molecule has 2 aromatic rings. The first-order chi connectivity index (χ1) is 18.6. The normalized spacial score (nSPS) is 17.1. The predicted molar refractivity (Wildman–Crippen MR) is 152 cm³/mol. The summed E-state index contributed by atoms with van der Waals surface area (Å²) in [6.45, 7) is -0.108. The Morgan fingerprint density at radius 2 is 1.88 bits per heavy atom. The molecule has 1 aliphatic rings. The van der Waals surface area contributed by atoms with Gasteiger partial charge in [-0.15, -0.1) is 0 Å². The van der Waals surface area contributed by atoms with E-state index < -0.39 is 39.6 Å². The molecule has 214 valence electrons. The maximum absolute atomic E-state index is 13.8. The minimum atomic E-state index is -4.70. The highest BCUT2D eigenvalue weighted by atomic mass is 79.9. The zero-order chi connectivity index (χ0) is 30.0. The topological polar surface area (TPSA) is 108 Å². The molecule has 0 aliphatic carbocycles. The van der Waals surface area contributed by atoms with Crippen LogP contribution in [0.1, 0.15) is 22.7 Å². The Labute approximate surface area is 254 Å². The van der Waals surface area contributed by atoms with Gasteiger partial charge in [0.1, 0.15) is 6.61 Å². The maximum Gasteiger partial charge on any atom is 0.416 e. The largest absolute Gasteiger partial charge is 0.461 e. The minimum Gasteiger partial charge on any atom is -0.461 e. The van der Waals surface area contributed by atoms with Gasteiger partial charge in [-0.05, 0) is 35.9 Å². The number of likely N-dealkylation sites (N-methyl/N-ethyl adjacent to an activating group) is 1. The van der Waals surface area contributed by atoms with Gasteiger partial charge in [0, 0.05) is 24.0 Å². The molecular formula is C25H21Br3F3N3O5S. The van der Waals surface area contributed by atoms with Crippen molar-refractivity contribution in [2.45, 2.75) is 21.9 Å². The monoisotopic (exact) mass is 769 g/mol. The first-order valence-electron chi connectivity index (χ1n) is 11.3. The summed E-state index contributed by atoms with van der Waals surface area (Å²) in [5.41, 5.74) is -1.32. The van der Waals surface area contributed by atoms with Crippen LogP contribution in [0.15, 0.2) is 58.6 Å². The summed E-state index contributed by atoms with van der Waals surface area (Å²) in [5.74, 6) is -0.912. The average Bonchev–Trinajstić information content (AvgIpc) is 2.91. The number of nitrogens with zero attached hydrogens (tertiary/aromatic N) is 3. The molecule has 0 saturated heterocycles. The molecule has 0 fully saturated rings. The van der Waals surface area contributed by atoms with Crippen molar-refractivity contribution in [2.75, 3.05) is 35.5 Å². The second-order valence-corrected chi connectivity index (χ2v) is 13.1. The van der Waals surface area contributed by atoms with Crippen molar-refractivity contribution in [3.8, 4) is 6.07 Å². The van der Waals surface area contributed by atoms with E-state index in [-0.39, 0.29) is 49.7 Å². The van der Waals surface area contributed by atoms with Gasteiger partial charge in [0.2, 0.25) is 0 Å². The van der Waals surface area contributed by atoms with Crippen molar-refractivity contribution < 1.29 is 35.9 Å². The van der Waals surface area contributed by atoms with Gasteiger partial charge < -0.3 is 9.64 Å². The third kappa shape index (κ3) is 6.72. The molecular weight excluding hydrogens is 751 g/mol. The minimum absolute atomic E-state index is 0.0160. The smallest absolute Gasteiger partial charge is 0.416 e. The molecule has 3 rings (SSSR count). The summed E-state index contributed by atoms with van der Waals surface area (Å²) in [6.07, 6.45) is -3.78. The van der Waals surface area contributed by atoms with Crippen LogP contribution in [0.3, 0.4) is 0 Å². The molecule has 15 heteroatoms. The van der Waals surface area contributed by atoms with Gasteiger partial charge in [-0.25, -0.2) is 18.0 Å². The number of hydrogen-bond acceptors (Lipinski definition) is 6. The lowest BCUT2D eigenvalue weighted by atomic mass is 9.92. The highest BCUT2D eigenvalue weighted by Gasteiger charge is 2.44. The van der Waals surface area contributed by atoms with Gasteiger partial charge in [0.05, 0.1) is 49.9 Å². The van der Waals surface area contributed by atoms with Crippen molar-refractivity contribution in [1.29, 1.82) is 5.26 Å². The lowest BCUT2D eigenvalue weighted by Crippen LogP contribution is -2.50. The SMILES string of the molecule is CN1C(=O)N(c2cccc(C(F)(F)F)c2)C(CBr)=C(C(=O)OCC(Br)CBr)[C@H]1c1ccc(C#N)cc1S(C)(=O)=O. The van der Waals surface area contributed by atoms with E-state index in [0.29, 0.717) is 5.33 Å². The van der Waals surface area contributed by atoms with Crippen molar-refractivity contribution in [1.82, 2.24) is 4.90 Å². The molecule has 8 nitrogen and oxygen atoms in total. The quantitative estimate of drug-likeness (QED) is 0.243. The van der Waals surface area contributed by atoms with Gasteiger partial charge in [-0.1, -0.05) is 59.9 Å². The molecule has 40 heavy (non-hydrogen) atoms. The molecule has 0 aromatic heterocycles. The Bertz CT molecular complexity index is 1510. The Balaban J connectivity index is 2.36. The third-order valence-electron chi connectivity index (χ3n) is 5.91. The van der Waals surface area contributed by atoms with E-state index in [1.54, 1.807) is 0 Å². The summed E-state index contributed by atoms with van der Waals surface area (Å²) < 4.78 is 71.6. The predicted octanol–water partition coefficient (Wildman–Crippen LogP) is 5.94. The maximum atomic E-state index is 13.8. The van der Waals surface area contributed by atoms with Crippen LogP contribution >= 0.6 is 47.8 Å². The Morgan fingerprint density at radius 1 is 1.20 bits per heavy atom. The zero-order valence-corrected chi connectivity index (χ0v) is 26.5. The second-order valence-electron chi connectivity index (χ2n) is 8.66. The first kappa shape index (κ1) is 32.1. The van der Waals surface area contributed by atoms with Crippen LogP contribution in [0.4, 0.5) is 23.7 Å². The molecule has 2 atom stereocenters. The van der Waals surface area contributed by atoms with Crippen LogP contribution in [-0.4, -0.2) is 60.7 Å². The van der Waals surface area contributed by atoms with Crippen LogP contribution in [0, 0.1) is 11.3 Å². The van der Waals surface area contributed by atoms with E-state index in [0.717, 1.165) is 40.3 Å². The summed E-state index contributed by atoms with van der Waals surface area (Å²) in [7, 11) is -2.68. The number of benzene rings is 2. The van der Waals surface area contributed by atoms with E-state index in [9.17, 15) is 36.4 Å². The van der Waals surface area contributed by atoms with Crippen LogP contribution < -0.4 is 4.90 Å². The van der Waals surface area contributed by atoms with Crippen molar-refractivity contribution in [3.63, 3.8) is 0 Å². The van der Waals surface area contributed by atoms with Crippen LogP contribution in [0.2, 0.25) is 0 Å². The molecule has 0 N–H and O–H groups in total. The highest BCUT2D eigenvalue weighted by Crippen LogP contribution is 2.43. The fourth-order valence-electron chi connectivity index (χ4n) is 4.11. The third-order valence-corrected chi connectivity index (χ3v) is 9.83. The summed E-state index contributed by atoms with van der Waals surface area (Å²) in [6, 6.07) is 7.59. The number of alkyl halides is 6. The molecule has 1 heterocycles. The number of rotatable bonds is 8. The summed E-state index contributed by atoms with van der Waals surface area (Å²) in [4.78, 5) is 28.8. The number of carbonyl (C=O) groups excluding carboxylic acids is 2. The Kier molecular flexibility index (Phi) is 10.1. The standard InChI is InChI=1S/C25H21Br3F3N3O5S/c1-33-22(18-7-6-14(12-32)8-20(18)40(2,37)38)21(23(35)39-13-16(28)10-26)19(11-27)34(24(33)36)17-5-3-4-15(9-17)25(29,30)31/h3-9,16,22H,10-11,13H2,1-2H3/t16?,22-/m1/s1. The number of sulfone groups is 1. The molecule has 1 aliphatic heterocycles. The van der Waals surface area contributed by atoms with E-state index in [1.165, 1.54) is 25.2 Å². The van der Waals surface area contributed by atoms with Crippen molar-refractivity contribution in [3.05, 3.63) is 70.4 Å². The van der Waals surface area contributed by atoms with Crippen molar-refractivity contribution in [2.24, 2.45) is 0 Å². The first-order valence-corrected chi connectivity index (χ1v) is 16.3. The molecule has 0 radical (unpaired) electrons.